The van der Waals surface area contributed by atoms with E-state index in [4.69, 9.17) is 70.4 Å². The van der Waals surface area contributed by atoms with Gasteiger partial charge in [0.15, 0.2) is 0 Å². The van der Waals surface area contributed by atoms with Crippen molar-refractivity contribution in [2.24, 2.45) is 0 Å². The Hall–Kier alpha value is -0.410. The van der Waals surface area contributed by atoms with Crippen molar-refractivity contribution in [3.63, 3.8) is 0 Å². The maximum atomic E-state index is 10.6. The normalized spacial score (nSPS) is 9.61. The van der Waals surface area contributed by atoms with Crippen LogP contribution in [0, 0.1) is 0 Å². The van der Waals surface area contributed by atoms with E-state index >= 15 is 0 Å². The van der Waals surface area contributed by atoms with Crippen LogP contribution in [0.1, 0.15) is 0 Å². The summed E-state index contributed by atoms with van der Waals surface area (Å²) in [5.41, 5.74) is 2.22. The molecule has 0 atom stereocenters. The van der Waals surface area contributed by atoms with Crippen molar-refractivity contribution in [2.75, 3.05) is 171 Å². The number of alkyl halides is 2. The third-order valence-electron chi connectivity index (χ3n) is 5.61. The van der Waals surface area contributed by atoms with E-state index in [0.717, 1.165) is 17.1 Å². The number of nitrogens with zero attached hydrogens (tertiary/aromatic N) is 2. The van der Waals surface area contributed by atoms with Gasteiger partial charge in [-0.2, -0.15) is 0 Å². The minimum absolute atomic E-state index is 0. The van der Waals surface area contributed by atoms with E-state index < -0.39 is 9.23 Å². The largest absolute Gasteiger partial charge is 1.00 e. The van der Waals surface area contributed by atoms with Gasteiger partial charge in [0.25, 0.3) is 0 Å². The zero-order valence-corrected chi connectivity index (χ0v) is 40.5. The van der Waals surface area contributed by atoms with E-state index in [2.05, 4.69) is 31.0 Å². The van der Waals surface area contributed by atoms with Crippen LogP contribution in [-0.2, 0) is 47.1 Å². The summed E-state index contributed by atoms with van der Waals surface area (Å²) < 4.78 is 53.7. The topological polar surface area (TPSA) is 150 Å². The summed E-state index contributed by atoms with van der Waals surface area (Å²) in [6, 6.07) is 14.7. The molecule has 56 heavy (non-hydrogen) atoms. The number of benzene rings is 2. The van der Waals surface area contributed by atoms with E-state index in [-0.39, 0.29) is 41.9 Å². The monoisotopic (exact) mass is 912 g/mol. The van der Waals surface area contributed by atoms with Gasteiger partial charge >= 0.3 is 29.6 Å². The smallest absolute Gasteiger partial charge is 0.872 e. The number of aliphatic hydroxyl groups excluding tert-OH is 1. The fourth-order valence-corrected chi connectivity index (χ4v) is 3.17. The minimum Gasteiger partial charge on any atom is -0.872 e. The number of rotatable bonds is 24. The number of aliphatic hydroxyl groups is 1. The van der Waals surface area contributed by atoms with Crippen LogP contribution in [0.15, 0.2) is 48.5 Å². The van der Waals surface area contributed by atoms with Crippen LogP contribution in [0.4, 0.5) is 11.4 Å². The van der Waals surface area contributed by atoms with Crippen LogP contribution in [0.25, 0.3) is 0 Å². The molecule has 0 amide bonds. The van der Waals surface area contributed by atoms with Crippen molar-refractivity contribution in [3.05, 3.63) is 48.5 Å². The molecule has 2 aromatic carbocycles. The summed E-state index contributed by atoms with van der Waals surface area (Å²) in [6.45, 7) is 7.85. The fourth-order valence-electron chi connectivity index (χ4n) is 2.95. The van der Waals surface area contributed by atoms with Gasteiger partial charge in [0.05, 0.1) is 85.9 Å². The molecule has 0 saturated carbocycles. The molecule has 0 fully saturated rings. The Morgan fingerprint density at radius 3 is 1.16 bits per heavy atom. The maximum absolute atomic E-state index is 10.6. The first-order valence-electron chi connectivity index (χ1n) is 17.0. The molecule has 0 aliphatic rings. The first-order chi connectivity index (χ1) is 26.4. The summed E-state index contributed by atoms with van der Waals surface area (Å²) in [5, 5.41) is 18.8. The average Bonchev–Trinajstić information content (AvgIpc) is 3.16. The van der Waals surface area contributed by atoms with Crippen molar-refractivity contribution in [3.8, 4) is 11.5 Å². The standard InChI is InChI=1S/C13H21NO3.C8H11NO.2C5H11ClO2.C5H12O3.Cl2OS.Na/c1-14(2)12-4-6-13(7-5-12)17-11-10-16-9-8-15-3;1-9(2)7-3-5-8(10)6-4-7;3*1-7-4-5-8-3-2-6;1-4(2)3;/h4-7H,8-11H2,1-3H3;3-6,10H,1-2H3;2*2-5H2,1H3;6H,2-5H2,1H3;;/q;;;;;;+1/p-1. The van der Waals surface area contributed by atoms with Crippen LogP contribution < -0.4 is 49.2 Å². The predicted octanol–water partition coefficient (Wildman–Crippen LogP) is 2.09. The van der Waals surface area contributed by atoms with Gasteiger partial charge in [-0.1, -0.05) is 12.1 Å². The van der Waals surface area contributed by atoms with Crippen LogP contribution >= 0.6 is 44.6 Å². The summed E-state index contributed by atoms with van der Waals surface area (Å²) in [4.78, 5) is 4.01. The molecule has 0 aliphatic carbocycles. The van der Waals surface area contributed by atoms with Gasteiger partial charge in [-0.15, -0.1) is 29.0 Å². The van der Waals surface area contributed by atoms with Crippen molar-refractivity contribution in [2.45, 2.75) is 0 Å². The molecule has 2 aromatic rings. The van der Waals surface area contributed by atoms with E-state index in [9.17, 15) is 5.11 Å². The molecule has 1 N–H and O–H groups in total. The Balaban J connectivity index is -0.000000195. The predicted molar refractivity (Wildman–Crippen MR) is 226 cm³/mol. The summed E-state index contributed by atoms with van der Waals surface area (Å²) in [6.07, 6.45) is 0. The molecule has 2 rings (SSSR count). The van der Waals surface area contributed by atoms with E-state index in [1.807, 2.05) is 69.5 Å². The molecule has 0 aromatic heterocycles. The van der Waals surface area contributed by atoms with Gasteiger partial charge in [-0.05, 0) is 36.4 Å². The van der Waals surface area contributed by atoms with Crippen LogP contribution in [0.3, 0.4) is 0 Å². The van der Waals surface area contributed by atoms with Gasteiger partial charge in [0, 0.05) is 101 Å². The van der Waals surface area contributed by atoms with Gasteiger partial charge in [0.1, 0.15) is 12.4 Å². The minimum atomic E-state index is -1.67. The zero-order valence-electron chi connectivity index (χ0n) is 34.7. The number of methoxy groups -OCH3 is 4. The molecule has 14 nitrogen and oxygen atoms in total. The molecule has 0 saturated heterocycles. The molecule has 20 heteroatoms. The Morgan fingerprint density at radius 2 is 0.857 bits per heavy atom. The van der Waals surface area contributed by atoms with Crippen LogP contribution in [-0.4, -0.2) is 170 Å². The number of ether oxygens (including phenoxy) is 9. The first-order valence-corrected chi connectivity index (χ1v) is 20.9. The van der Waals surface area contributed by atoms with Gasteiger partial charge in [-0.3, -0.25) is 0 Å². The van der Waals surface area contributed by atoms with Crippen molar-refractivity contribution >= 4 is 65.2 Å². The molecule has 0 spiro atoms. The number of anilines is 2. The summed E-state index contributed by atoms with van der Waals surface area (Å²) in [5.74, 6) is 2.05. The van der Waals surface area contributed by atoms with Crippen LogP contribution in [0.5, 0.6) is 11.5 Å². The molecule has 0 heterocycles. The third-order valence-corrected chi connectivity index (χ3v) is 5.92. The molecule has 0 unspecified atom stereocenters. The van der Waals surface area contributed by atoms with Crippen molar-refractivity contribution < 1.29 is 86.6 Å². The fraction of sp³-hybridized carbons (Fsp3) is 0.667. The third kappa shape index (κ3) is 57.9. The zero-order chi connectivity index (χ0) is 42.4. The maximum Gasteiger partial charge on any atom is 1.00 e. The van der Waals surface area contributed by atoms with Crippen molar-refractivity contribution in [1.82, 2.24) is 0 Å². The van der Waals surface area contributed by atoms with Gasteiger partial charge < -0.3 is 62.6 Å². The van der Waals surface area contributed by atoms with E-state index in [1.165, 1.54) is 0 Å². The number of hydrogen-bond donors (Lipinski definition) is 1. The quantitative estimate of drug-likeness (QED) is 0.0709. The molecule has 326 valence electrons. The molecule has 0 bridgehead atoms. The van der Waals surface area contributed by atoms with Crippen molar-refractivity contribution in [1.29, 1.82) is 0 Å². The molecule has 0 radical (unpaired) electrons. The Morgan fingerprint density at radius 1 is 0.554 bits per heavy atom. The second-order valence-electron chi connectivity index (χ2n) is 10.3. The van der Waals surface area contributed by atoms with E-state index in [1.54, 1.807) is 40.6 Å². The molecular formula is C36H65Cl4N2NaO12S. The van der Waals surface area contributed by atoms with Gasteiger partial charge in [-0.25, -0.2) is 4.21 Å². The molecular weight excluding hydrogens is 849 g/mol. The average molecular weight is 915 g/mol. The number of hydrogen-bond acceptors (Lipinski definition) is 14. The summed E-state index contributed by atoms with van der Waals surface area (Å²) >= 11 is 10.6. The SMILES string of the molecule is CN(C)c1ccc([O-])cc1.COCCOCCCl.COCCOCCCl.COCCOCCO.COCCOCCOc1ccc(N(C)C)cc1.O=S(Cl)Cl.[Na+]. The molecule has 0 aliphatic heterocycles. The number of halogens is 4. The Kier molecular flexibility index (Phi) is 63.1. The summed E-state index contributed by atoms with van der Waals surface area (Å²) in [7, 11) is 21.8. The van der Waals surface area contributed by atoms with Gasteiger partial charge in [0.2, 0.25) is 9.23 Å². The first kappa shape index (κ1) is 64.7. The second kappa shape index (κ2) is 54.6. The van der Waals surface area contributed by atoms with E-state index in [0.29, 0.717) is 97.6 Å². The Labute approximate surface area is 379 Å². The Bertz CT molecular complexity index is 980. The second-order valence-corrected chi connectivity index (χ2v) is 13.6. The van der Waals surface area contributed by atoms with Crippen LogP contribution in [0.2, 0.25) is 0 Å².